The van der Waals surface area contributed by atoms with Gasteiger partial charge in [0.25, 0.3) is 5.54 Å². The molecule has 0 aliphatic heterocycles. The van der Waals surface area contributed by atoms with Crippen LogP contribution in [0.4, 0.5) is 4.39 Å². The quantitative estimate of drug-likeness (QED) is 0.475. The summed E-state index contributed by atoms with van der Waals surface area (Å²) in [5.41, 5.74) is -1.94. The first-order valence-corrected chi connectivity index (χ1v) is 3.09. The van der Waals surface area contributed by atoms with E-state index in [9.17, 15) is 4.39 Å². The summed E-state index contributed by atoms with van der Waals surface area (Å²) in [6, 6.07) is 0. The van der Waals surface area contributed by atoms with Crippen LogP contribution < -0.4 is 0 Å². The van der Waals surface area contributed by atoms with E-state index in [0.29, 0.717) is 0 Å². The summed E-state index contributed by atoms with van der Waals surface area (Å²) in [6.07, 6.45) is 1.47. The molecule has 1 nitrogen and oxygen atoms in total. The first-order chi connectivity index (χ1) is 4.02. The topological polar surface area (TPSA) is 4.36 Å². The summed E-state index contributed by atoms with van der Waals surface area (Å²) in [5, 5.41) is 0. The number of halogens is 1. The van der Waals surface area contributed by atoms with E-state index < -0.39 is 11.2 Å². The highest BCUT2D eigenvalue weighted by atomic mass is 19.1. The molecule has 0 bridgehead atoms. The van der Waals surface area contributed by atoms with E-state index in [1.807, 2.05) is 0 Å². The van der Waals surface area contributed by atoms with Crippen molar-refractivity contribution in [1.82, 2.24) is 0 Å². The monoisotopic (exact) mass is 127 g/mol. The number of alkyl halides is 1. The number of rotatable bonds is 1. The second kappa shape index (κ2) is 1.47. The molecule has 1 aliphatic rings. The van der Waals surface area contributed by atoms with Crippen molar-refractivity contribution < 1.29 is 4.39 Å². The highest BCUT2D eigenvalue weighted by Crippen LogP contribution is 2.50. The zero-order valence-electron chi connectivity index (χ0n) is 5.74. The lowest BCUT2D eigenvalue weighted by molar-refractivity contribution is 0.180. The van der Waals surface area contributed by atoms with E-state index in [0.717, 1.165) is 12.8 Å². The third-order valence-corrected chi connectivity index (χ3v) is 2.04. The van der Waals surface area contributed by atoms with Gasteiger partial charge in [0.15, 0.2) is 5.67 Å². The first-order valence-electron chi connectivity index (χ1n) is 3.09. The van der Waals surface area contributed by atoms with Gasteiger partial charge in [-0.1, -0.05) is 0 Å². The second-order valence-electron chi connectivity index (χ2n) is 3.12. The van der Waals surface area contributed by atoms with Crippen LogP contribution in [0.25, 0.3) is 4.85 Å². The average Bonchev–Trinajstić information content (AvgIpc) is 2.40. The van der Waals surface area contributed by atoms with Gasteiger partial charge in [0.05, 0.1) is 0 Å². The lowest BCUT2D eigenvalue weighted by Crippen LogP contribution is -2.30. The van der Waals surface area contributed by atoms with Crippen LogP contribution in [0.3, 0.4) is 0 Å². The van der Waals surface area contributed by atoms with Crippen molar-refractivity contribution in [2.24, 2.45) is 0 Å². The molecule has 9 heavy (non-hydrogen) atoms. The van der Waals surface area contributed by atoms with Gasteiger partial charge in [0.2, 0.25) is 0 Å². The SMILES string of the molecule is [C-]#[N+]C1(C(C)(C)F)CC1. The highest BCUT2D eigenvalue weighted by molar-refractivity contribution is 5.20. The Morgan fingerprint density at radius 2 is 2.00 bits per heavy atom. The van der Waals surface area contributed by atoms with Crippen LogP contribution in [0.15, 0.2) is 0 Å². The van der Waals surface area contributed by atoms with Crippen molar-refractivity contribution in [1.29, 1.82) is 0 Å². The smallest absolute Gasteiger partial charge is 0.265 e. The van der Waals surface area contributed by atoms with Crippen LogP contribution in [0.1, 0.15) is 26.7 Å². The molecule has 1 rings (SSSR count). The lowest BCUT2D eigenvalue weighted by Gasteiger charge is -2.14. The Morgan fingerprint density at radius 1 is 1.56 bits per heavy atom. The van der Waals surface area contributed by atoms with Crippen LogP contribution >= 0.6 is 0 Å². The van der Waals surface area contributed by atoms with E-state index in [2.05, 4.69) is 4.85 Å². The average molecular weight is 127 g/mol. The van der Waals surface area contributed by atoms with Crippen LogP contribution in [-0.2, 0) is 0 Å². The zero-order valence-corrected chi connectivity index (χ0v) is 5.74. The fraction of sp³-hybridized carbons (Fsp3) is 0.857. The standard InChI is InChI=1S/C7H10FN/c1-6(2,8)7(9-3)4-5-7/h4-5H2,1-2H3. The molecule has 1 fully saturated rings. The molecule has 0 spiro atoms. The molecule has 1 aliphatic carbocycles. The predicted octanol–water partition coefficient (Wildman–Crippen LogP) is 2.19. The number of hydrogen-bond acceptors (Lipinski definition) is 0. The second-order valence-corrected chi connectivity index (χ2v) is 3.12. The third kappa shape index (κ3) is 0.808. The van der Waals surface area contributed by atoms with Gasteiger partial charge in [-0.05, 0) is 13.8 Å². The Hall–Kier alpha value is -0.580. The van der Waals surface area contributed by atoms with Crippen molar-refractivity contribution in [3.05, 3.63) is 11.4 Å². The van der Waals surface area contributed by atoms with Crippen LogP contribution in [-0.4, -0.2) is 11.2 Å². The van der Waals surface area contributed by atoms with Gasteiger partial charge in [-0.15, -0.1) is 0 Å². The molecule has 0 aromatic rings. The minimum atomic E-state index is -1.30. The van der Waals surface area contributed by atoms with E-state index in [1.54, 1.807) is 0 Å². The maximum atomic E-state index is 13.0. The molecule has 0 unspecified atom stereocenters. The van der Waals surface area contributed by atoms with E-state index in [4.69, 9.17) is 6.57 Å². The highest BCUT2D eigenvalue weighted by Gasteiger charge is 2.63. The Kier molecular flexibility index (Phi) is 1.07. The zero-order chi connectivity index (χ0) is 7.12. The van der Waals surface area contributed by atoms with E-state index >= 15 is 0 Å². The molecule has 0 amide bonds. The van der Waals surface area contributed by atoms with Crippen LogP contribution in [0.5, 0.6) is 0 Å². The summed E-state index contributed by atoms with van der Waals surface area (Å²) in [4.78, 5) is 3.28. The van der Waals surface area contributed by atoms with E-state index in [1.165, 1.54) is 13.8 Å². The van der Waals surface area contributed by atoms with Crippen molar-refractivity contribution in [2.45, 2.75) is 37.9 Å². The normalized spacial score (nSPS) is 22.9. The van der Waals surface area contributed by atoms with Gasteiger partial charge >= 0.3 is 0 Å². The molecule has 0 radical (unpaired) electrons. The van der Waals surface area contributed by atoms with E-state index in [-0.39, 0.29) is 0 Å². The van der Waals surface area contributed by atoms with Gasteiger partial charge in [0.1, 0.15) is 0 Å². The van der Waals surface area contributed by atoms with Gasteiger partial charge in [0, 0.05) is 12.8 Å². The molecule has 0 heterocycles. The Balaban J connectivity index is 2.75. The maximum absolute atomic E-state index is 13.0. The van der Waals surface area contributed by atoms with Gasteiger partial charge in [-0.3, -0.25) is 0 Å². The Labute approximate surface area is 54.7 Å². The minimum absolute atomic E-state index is 0.646. The molecule has 50 valence electrons. The number of nitrogens with zero attached hydrogens (tertiary/aromatic N) is 1. The number of hydrogen-bond donors (Lipinski definition) is 0. The van der Waals surface area contributed by atoms with Crippen molar-refractivity contribution in [2.75, 3.05) is 0 Å². The molecule has 0 atom stereocenters. The Bertz CT molecular complexity index is 157. The van der Waals surface area contributed by atoms with Gasteiger partial charge in [-0.2, -0.15) is 0 Å². The predicted molar refractivity (Wildman–Crippen MR) is 33.8 cm³/mol. The maximum Gasteiger partial charge on any atom is 0.265 e. The van der Waals surface area contributed by atoms with Crippen LogP contribution in [0, 0.1) is 6.57 Å². The molecule has 1 saturated carbocycles. The molecular weight excluding hydrogens is 117 g/mol. The molecule has 0 aromatic carbocycles. The molecule has 0 N–H and O–H groups in total. The third-order valence-electron chi connectivity index (χ3n) is 2.04. The fourth-order valence-electron chi connectivity index (χ4n) is 0.958. The summed E-state index contributed by atoms with van der Waals surface area (Å²) >= 11 is 0. The van der Waals surface area contributed by atoms with Gasteiger partial charge in [-0.25, -0.2) is 11.0 Å². The summed E-state index contributed by atoms with van der Waals surface area (Å²) in [5.74, 6) is 0. The van der Waals surface area contributed by atoms with Crippen molar-refractivity contribution >= 4 is 0 Å². The molecule has 0 saturated heterocycles. The molecule has 0 aromatic heterocycles. The Morgan fingerprint density at radius 3 is 2.00 bits per heavy atom. The molecular formula is C7H10FN. The fourth-order valence-corrected chi connectivity index (χ4v) is 0.958. The van der Waals surface area contributed by atoms with Gasteiger partial charge < -0.3 is 4.85 Å². The van der Waals surface area contributed by atoms with Crippen molar-refractivity contribution in [3.63, 3.8) is 0 Å². The summed E-state index contributed by atoms with van der Waals surface area (Å²) < 4.78 is 13.0. The summed E-state index contributed by atoms with van der Waals surface area (Å²) in [7, 11) is 0. The summed E-state index contributed by atoms with van der Waals surface area (Å²) in [6.45, 7) is 9.68. The lowest BCUT2D eigenvalue weighted by atomic mass is 10.00. The largest absolute Gasteiger partial charge is 0.307 e. The van der Waals surface area contributed by atoms with Crippen LogP contribution in [0.2, 0.25) is 0 Å². The van der Waals surface area contributed by atoms with Crippen molar-refractivity contribution in [3.8, 4) is 0 Å². The minimum Gasteiger partial charge on any atom is -0.307 e. The molecule has 2 heteroatoms. The first kappa shape index (κ1) is 6.54.